The monoisotopic (exact) mass is 376 g/mol. The van der Waals surface area contributed by atoms with E-state index in [-0.39, 0.29) is 42.3 Å². The van der Waals surface area contributed by atoms with Gasteiger partial charge in [0, 0.05) is 26.1 Å². The Hall–Kier alpha value is -2.42. The number of likely N-dealkylation sites (tertiary alicyclic amines) is 1. The molecule has 0 aromatic carbocycles. The normalized spacial score (nSPS) is 30.5. The fourth-order valence-electron chi connectivity index (χ4n) is 4.15. The molecular formula is C17H20N4O4S. The molecule has 0 aliphatic carbocycles. The van der Waals surface area contributed by atoms with Crippen molar-refractivity contribution in [3.63, 3.8) is 0 Å². The minimum absolute atomic E-state index is 0.166. The molecule has 4 amide bonds. The summed E-state index contributed by atoms with van der Waals surface area (Å²) in [6.07, 6.45) is 0.967. The third-order valence-corrected chi connectivity index (χ3v) is 6.22. The highest BCUT2D eigenvalue weighted by Crippen LogP contribution is 2.29. The van der Waals surface area contributed by atoms with Crippen LogP contribution in [0.2, 0.25) is 0 Å². The first kappa shape index (κ1) is 17.0. The Labute approximate surface area is 154 Å². The van der Waals surface area contributed by atoms with Gasteiger partial charge in [-0.15, -0.1) is 11.3 Å². The molecule has 2 N–H and O–H groups in total. The minimum Gasteiger partial charge on any atom is -0.349 e. The van der Waals surface area contributed by atoms with Gasteiger partial charge in [0.15, 0.2) is 0 Å². The predicted molar refractivity (Wildman–Crippen MR) is 93.4 cm³/mol. The fourth-order valence-corrected chi connectivity index (χ4v) is 4.77. The zero-order chi connectivity index (χ0) is 18.4. The molecule has 3 saturated heterocycles. The maximum atomic E-state index is 13.1. The van der Waals surface area contributed by atoms with Crippen molar-refractivity contribution in [2.75, 3.05) is 13.1 Å². The van der Waals surface area contributed by atoms with Crippen LogP contribution in [0.5, 0.6) is 0 Å². The number of nitrogens with one attached hydrogen (secondary N) is 2. The highest BCUT2D eigenvalue weighted by molar-refractivity contribution is 7.12. The summed E-state index contributed by atoms with van der Waals surface area (Å²) >= 11 is 1.34. The maximum Gasteiger partial charge on any atom is 0.261 e. The summed E-state index contributed by atoms with van der Waals surface area (Å²) in [5.74, 6) is -0.775. The van der Waals surface area contributed by atoms with Crippen LogP contribution in [0.25, 0.3) is 0 Å². The lowest BCUT2D eigenvalue weighted by Gasteiger charge is -2.28. The summed E-state index contributed by atoms with van der Waals surface area (Å²) in [6.45, 7) is 2.19. The molecule has 0 bridgehead atoms. The summed E-state index contributed by atoms with van der Waals surface area (Å²) in [7, 11) is 0. The molecular weight excluding hydrogens is 356 g/mol. The van der Waals surface area contributed by atoms with Crippen LogP contribution in [0.3, 0.4) is 0 Å². The first-order chi connectivity index (χ1) is 12.5. The molecule has 4 heterocycles. The molecule has 0 unspecified atom stereocenters. The highest BCUT2D eigenvalue weighted by atomic mass is 32.1. The molecule has 0 radical (unpaired) electrons. The average molecular weight is 376 g/mol. The lowest BCUT2D eigenvalue weighted by molar-refractivity contribution is -0.143. The molecule has 0 saturated carbocycles. The van der Waals surface area contributed by atoms with Gasteiger partial charge < -0.3 is 20.4 Å². The van der Waals surface area contributed by atoms with Crippen molar-refractivity contribution in [1.82, 2.24) is 20.4 Å². The third kappa shape index (κ3) is 2.76. The molecule has 3 aliphatic rings. The van der Waals surface area contributed by atoms with Crippen molar-refractivity contribution in [3.8, 4) is 0 Å². The number of thiophene rings is 1. The lowest BCUT2D eigenvalue weighted by atomic mass is 10.1. The second-order valence-corrected chi connectivity index (χ2v) is 7.90. The Bertz CT molecular complexity index is 765. The van der Waals surface area contributed by atoms with Crippen LogP contribution in [-0.4, -0.2) is 70.7 Å². The van der Waals surface area contributed by atoms with Crippen molar-refractivity contribution >= 4 is 35.0 Å². The van der Waals surface area contributed by atoms with Crippen LogP contribution < -0.4 is 10.6 Å². The van der Waals surface area contributed by atoms with Crippen molar-refractivity contribution in [3.05, 3.63) is 22.4 Å². The second kappa shape index (κ2) is 6.39. The molecule has 138 valence electrons. The van der Waals surface area contributed by atoms with Gasteiger partial charge in [0.05, 0.1) is 10.9 Å². The quantitative estimate of drug-likeness (QED) is 0.731. The van der Waals surface area contributed by atoms with Crippen LogP contribution in [0, 0.1) is 0 Å². The summed E-state index contributed by atoms with van der Waals surface area (Å²) in [4.78, 5) is 53.4. The van der Waals surface area contributed by atoms with E-state index in [0.717, 1.165) is 0 Å². The molecule has 26 heavy (non-hydrogen) atoms. The van der Waals surface area contributed by atoms with Crippen LogP contribution in [0.1, 0.15) is 29.4 Å². The SMILES string of the molecule is CC(=O)N1CC[C@H]2NC(=O)[C@H]3C[C@H](NC(=O)c4cccs4)CN3C(=O)[C@H]21. The van der Waals surface area contributed by atoms with Gasteiger partial charge in [0.1, 0.15) is 12.1 Å². The van der Waals surface area contributed by atoms with Crippen molar-refractivity contribution in [2.45, 2.75) is 43.9 Å². The number of amides is 4. The van der Waals surface area contributed by atoms with Gasteiger partial charge in [-0.2, -0.15) is 0 Å². The fraction of sp³-hybridized carbons (Fsp3) is 0.529. The van der Waals surface area contributed by atoms with E-state index in [1.54, 1.807) is 12.1 Å². The largest absolute Gasteiger partial charge is 0.349 e. The Kier molecular flexibility index (Phi) is 4.18. The van der Waals surface area contributed by atoms with Gasteiger partial charge in [0.2, 0.25) is 17.7 Å². The van der Waals surface area contributed by atoms with E-state index in [2.05, 4.69) is 10.6 Å². The molecule has 1 aromatic heterocycles. The van der Waals surface area contributed by atoms with E-state index in [1.807, 2.05) is 5.38 Å². The molecule has 4 rings (SSSR count). The number of rotatable bonds is 2. The van der Waals surface area contributed by atoms with E-state index in [0.29, 0.717) is 24.3 Å². The summed E-state index contributed by atoms with van der Waals surface area (Å²) in [5, 5.41) is 7.66. The van der Waals surface area contributed by atoms with Crippen molar-refractivity contribution in [1.29, 1.82) is 0 Å². The van der Waals surface area contributed by atoms with Gasteiger partial charge in [-0.3, -0.25) is 19.2 Å². The van der Waals surface area contributed by atoms with Crippen molar-refractivity contribution in [2.24, 2.45) is 0 Å². The lowest BCUT2D eigenvalue weighted by Crippen LogP contribution is -2.52. The van der Waals surface area contributed by atoms with E-state index in [9.17, 15) is 19.2 Å². The van der Waals surface area contributed by atoms with Crippen LogP contribution in [0.15, 0.2) is 17.5 Å². The standard InChI is InChI=1S/C17H20N4O4S/c1-9(22)20-5-4-11-14(20)17(25)21-8-10(7-12(21)15(23)19-11)18-16(24)13-3-2-6-26-13/h2-3,6,10-12,14H,4-5,7-8H2,1H3,(H,18,24)(H,19,23)/t10-,11+,12+,14-/m0/s1. The Morgan fingerprint density at radius 3 is 2.85 bits per heavy atom. The summed E-state index contributed by atoms with van der Waals surface area (Å²) in [5.41, 5.74) is 0. The summed E-state index contributed by atoms with van der Waals surface area (Å²) < 4.78 is 0. The summed E-state index contributed by atoms with van der Waals surface area (Å²) in [6, 6.07) is 1.68. The molecule has 1 aromatic rings. The molecule has 3 fully saturated rings. The van der Waals surface area contributed by atoms with Gasteiger partial charge in [0.25, 0.3) is 5.91 Å². The molecule has 4 atom stereocenters. The van der Waals surface area contributed by atoms with Crippen LogP contribution in [-0.2, 0) is 14.4 Å². The molecule has 8 nitrogen and oxygen atoms in total. The number of hydrogen-bond acceptors (Lipinski definition) is 5. The number of fused-ring (bicyclic) bond motifs is 2. The van der Waals surface area contributed by atoms with Gasteiger partial charge in [-0.1, -0.05) is 6.07 Å². The Morgan fingerprint density at radius 2 is 2.15 bits per heavy atom. The number of nitrogens with zero attached hydrogens (tertiary/aromatic N) is 2. The van der Waals surface area contributed by atoms with E-state index >= 15 is 0 Å². The number of hydrogen-bond donors (Lipinski definition) is 2. The van der Waals surface area contributed by atoms with Crippen LogP contribution in [0.4, 0.5) is 0 Å². The second-order valence-electron chi connectivity index (χ2n) is 6.95. The minimum atomic E-state index is -0.645. The van der Waals surface area contributed by atoms with Gasteiger partial charge in [-0.25, -0.2) is 0 Å². The zero-order valence-electron chi connectivity index (χ0n) is 14.3. The Balaban J connectivity index is 1.52. The average Bonchev–Trinajstić information content (AvgIpc) is 3.32. The predicted octanol–water partition coefficient (Wildman–Crippen LogP) is -0.433. The zero-order valence-corrected chi connectivity index (χ0v) is 15.1. The van der Waals surface area contributed by atoms with Gasteiger partial charge in [-0.05, 0) is 24.3 Å². The van der Waals surface area contributed by atoms with Crippen molar-refractivity contribution < 1.29 is 19.2 Å². The first-order valence-electron chi connectivity index (χ1n) is 8.68. The third-order valence-electron chi connectivity index (χ3n) is 5.35. The van der Waals surface area contributed by atoms with E-state index in [4.69, 9.17) is 0 Å². The number of carbonyl (C=O) groups excluding carboxylic acids is 4. The topological polar surface area (TPSA) is 98.8 Å². The highest BCUT2D eigenvalue weighted by Gasteiger charge is 2.51. The maximum absolute atomic E-state index is 13.1. The smallest absolute Gasteiger partial charge is 0.261 e. The molecule has 9 heteroatoms. The van der Waals surface area contributed by atoms with Gasteiger partial charge >= 0.3 is 0 Å². The Morgan fingerprint density at radius 1 is 1.35 bits per heavy atom. The first-order valence-corrected chi connectivity index (χ1v) is 9.56. The van der Waals surface area contributed by atoms with Crippen LogP contribution >= 0.6 is 11.3 Å². The van der Waals surface area contributed by atoms with E-state index < -0.39 is 12.1 Å². The van der Waals surface area contributed by atoms with E-state index in [1.165, 1.54) is 28.1 Å². The number of carbonyl (C=O) groups is 4. The molecule has 0 spiro atoms. The molecule has 3 aliphatic heterocycles.